The Kier molecular flexibility index (Phi) is 6.34. The highest BCUT2D eigenvalue weighted by atomic mass is 35.5. The number of likely N-dealkylation sites (N-methyl/N-ethyl adjacent to an activating group) is 1. The van der Waals surface area contributed by atoms with E-state index in [1.54, 1.807) is 11.8 Å². The third kappa shape index (κ3) is 4.18. The molecule has 1 heterocycles. The molecule has 1 unspecified atom stereocenters. The molecule has 0 aliphatic carbocycles. The van der Waals surface area contributed by atoms with Crippen LogP contribution in [0.3, 0.4) is 0 Å². The van der Waals surface area contributed by atoms with E-state index in [0.717, 1.165) is 6.54 Å². The van der Waals surface area contributed by atoms with Gasteiger partial charge in [0.2, 0.25) is 0 Å². The molecule has 0 aromatic heterocycles. The lowest BCUT2D eigenvalue weighted by molar-refractivity contribution is 0.322. The molecule has 1 saturated heterocycles. The lowest BCUT2D eigenvalue weighted by atomic mass is 10.2. The third-order valence-corrected chi connectivity index (χ3v) is 3.99. The Bertz CT molecular complexity index is 329. The Morgan fingerprint density at radius 1 is 1.35 bits per heavy atom. The average molecular weight is 273 g/mol. The van der Waals surface area contributed by atoms with Crippen molar-refractivity contribution in [3.63, 3.8) is 0 Å². The molecule has 2 rings (SSSR count). The van der Waals surface area contributed by atoms with E-state index in [-0.39, 0.29) is 12.4 Å². The number of benzene rings is 1. The zero-order valence-corrected chi connectivity index (χ0v) is 12.1. The van der Waals surface area contributed by atoms with Crippen LogP contribution >= 0.6 is 24.2 Å². The summed E-state index contributed by atoms with van der Waals surface area (Å²) in [4.78, 5) is 3.87. The van der Waals surface area contributed by atoms with Crippen LogP contribution in [0.1, 0.15) is 12.0 Å². The van der Waals surface area contributed by atoms with Crippen molar-refractivity contribution in [3.8, 4) is 0 Å². The fourth-order valence-corrected chi connectivity index (χ4v) is 2.61. The van der Waals surface area contributed by atoms with Crippen molar-refractivity contribution in [1.29, 1.82) is 0 Å². The minimum Gasteiger partial charge on any atom is -0.316 e. The largest absolute Gasteiger partial charge is 0.316 e. The highest BCUT2D eigenvalue weighted by Gasteiger charge is 2.20. The van der Waals surface area contributed by atoms with Gasteiger partial charge in [-0.1, -0.05) is 12.1 Å². The molecule has 1 atom stereocenters. The van der Waals surface area contributed by atoms with Crippen molar-refractivity contribution in [1.82, 2.24) is 10.2 Å². The second-order valence-corrected chi connectivity index (χ2v) is 5.24. The van der Waals surface area contributed by atoms with Gasteiger partial charge in [-0.2, -0.15) is 0 Å². The Hall–Kier alpha value is -0.220. The zero-order chi connectivity index (χ0) is 11.4. The first-order valence-electron chi connectivity index (χ1n) is 5.84. The van der Waals surface area contributed by atoms with Gasteiger partial charge in [0.05, 0.1) is 0 Å². The summed E-state index contributed by atoms with van der Waals surface area (Å²) in [7, 11) is 2.06. The van der Waals surface area contributed by atoms with Crippen molar-refractivity contribution in [2.24, 2.45) is 0 Å². The molecule has 0 radical (unpaired) electrons. The average Bonchev–Trinajstić information content (AvgIpc) is 2.78. The summed E-state index contributed by atoms with van der Waals surface area (Å²) >= 11 is 1.80. The number of nitrogens with zero attached hydrogens (tertiary/aromatic N) is 1. The second kappa shape index (κ2) is 7.27. The van der Waals surface area contributed by atoms with Gasteiger partial charge >= 0.3 is 0 Å². The van der Waals surface area contributed by atoms with Gasteiger partial charge in [-0.05, 0) is 37.4 Å². The number of halogens is 1. The minimum absolute atomic E-state index is 0. The van der Waals surface area contributed by atoms with Crippen molar-refractivity contribution < 1.29 is 0 Å². The van der Waals surface area contributed by atoms with Gasteiger partial charge in [-0.15, -0.1) is 24.2 Å². The topological polar surface area (TPSA) is 15.3 Å². The minimum atomic E-state index is 0. The molecule has 1 aliphatic heterocycles. The fraction of sp³-hybridized carbons (Fsp3) is 0.538. The molecule has 2 nitrogen and oxygen atoms in total. The summed E-state index contributed by atoms with van der Waals surface area (Å²) in [5.74, 6) is 0. The highest BCUT2D eigenvalue weighted by molar-refractivity contribution is 7.98. The Morgan fingerprint density at radius 2 is 2.06 bits per heavy atom. The number of nitrogens with one attached hydrogen (secondary N) is 1. The molecule has 1 N–H and O–H groups in total. The lowest BCUT2D eigenvalue weighted by Gasteiger charge is -2.16. The Balaban J connectivity index is 0.00000144. The number of hydrogen-bond donors (Lipinski definition) is 1. The number of likely N-dealkylation sites (tertiary alicyclic amines) is 1. The highest BCUT2D eigenvalue weighted by Crippen LogP contribution is 2.17. The summed E-state index contributed by atoms with van der Waals surface area (Å²) in [5, 5.41) is 3.35. The quantitative estimate of drug-likeness (QED) is 0.849. The Morgan fingerprint density at radius 3 is 2.59 bits per heavy atom. The van der Waals surface area contributed by atoms with E-state index in [2.05, 4.69) is 47.8 Å². The molecular formula is C13H21ClN2S. The monoisotopic (exact) mass is 272 g/mol. The first-order chi connectivity index (χ1) is 7.81. The van der Waals surface area contributed by atoms with Gasteiger partial charge in [-0.25, -0.2) is 0 Å². The maximum atomic E-state index is 3.35. The zero-order valence-electron chi connectivity index (χ0n) is 10.5. The number of thioether (sulfide) groups is 1. The standard InChI is InChI=1S/C13H20N2S.ClH/c1-14-12-7-8-15(10-12)9-11-3-5-13(16-2)6-4-11;/h3-6,12,14H,7-10H2,1-2H3;1H. The van der Waals surface area contributed by atoms with Crippen LogP contribution in [0.5, 0.6) is 0 Å². The maximum Gasteiger partial charge on any atom is 0.0234 e. The molecule has 4 heteroatoms. The summed E-state index contributed by atoms with van der Waals surface area (Å²) in [6.45, 7) is 3.49. The van der Waals surface area contributed by atoms with Crippen LogP contribution in [0.15, 0.2) is 29.2 Å². The van der Waals surface area contributed by atoms with Gasteiger partial charge in [0.15, 0.2) is 0 Å². The van der Waals surface area contributed by atoms with Gasteiger partial charge in [0, 0.05) is 30.6 Å². The predicted octanol–water partition coefficient (Wildman–Crippen LogP) is 2.62. The molecular weight excluding hydrogens is 252 g/mol. The van der Waals surface area contributed by atoms with Gasteiger partial charge in [0.1, 0.15) is 0 Å². The molecule has 1 fully saturated rings. The van der Waals surface area contributed by atoms with Gasteiger partial charge < -0.3 is 5.32 Å². The van der Waals surface area contributed by atoms with E-state index in [9.17, 15) is 0 Å². The molecule has 96 valence electrons. The summed E-state index contributed by atoms with van der Waals surface area (Å²) in [6.07, 6.45) is 3.40. The molecule has 0 saturated carbocycles. The fourth-order valence-electron chi connectivity index (χ4n) is 2.20. The molecule has 0 bridgehead atoms. The van der Waals surface area contributed by atoms with Crippen LogP contribution in [0.2, 0.25) is 0 Å². The molecule has 1 aromatic rings. The number of rotatable bonds is 4. The van der Waals surface area contributed by atoms with Gasteiger partial charge in [-0.3, -0.25) is 4.90 Å². The van der Waals surface area contributed by atoms with E-state index in [0.29, 0.717) is 6.04 Å². The molecule has 1 aliphatic rings. The van der Waals surface area contributed by atoms with E-state index < -0.39 is 0 Å². The normalized spacial score (nSPS) is 20.2. The van der Waals surface area contributed by atoms with Crippen LogP contribution in [0.4, 0.5) is 0 Å². The number of hydrogen-bond acceptors (Lipinski definition) is 3. The van der Waals surface area contributed by atoms with Crippen LogP contribution < -0.4 is 5.32 Å². The van der Waals surface area contributed by atoms with Crippen molar-refractivity contribution >= 4 is 24.2 Å². The van der Waals surface area contributed by atoms with Crippen molar-refractivity contribution in [2.75, 3.05) is 26.4 Å². The third-order valence-electron chi connectivity index (χ3n) is 3.25. The molecule has 1 aromatic carbocycles. The van der Waals surface area contributed by atoms with E-state index >= 15 is 0 Å². The van der Waals surface area contributed by atoms with Gasteiger partial charge in [0.25, 0.3) is 0 Å². The summed E-state index contributed by atoms with van der Waals surface area (Å²) < 4.78 is 0. The van der Waals surface area contributed by atoms with Crippen LogP contribution in [-0.2, 0) is 6.54 Å². The SMILES string of the molecule is CNC1CCN(Cc2ccc(SC)cc2)C1.Cl. The van der Waals surface area contributed by atoms with Crippen LogP contribution in [-0.4, -0.2) is 37.3 Å². The first kappa shape index (κ1) is 14.8. The molecule has 0 amide bonds. The Labute approximate surface area is 115 Å². The summed E-state index contributed by atoms with van der Waals surface area (Å²) in [6, 6.07) is 9.61. The van der Waals surface area contributed by atoms with E-state index in [4.69, 9.17) is 0 Å². The van der Waals surface area contributed by atoms with Crippen LogP contribution in [0.25, 0.3) is 0 Å². The van der Waals surface area contributed by atoms with E-state index in [1.165, 1.54) is 30.0 Å². The predicted molar refractivity (Wildman–Crippen MR) is 78.2 cm³/mol. The van der Waals surface area contributed by atoms with Crippen molar-refractivity contribution in [3.05, 3.63) is 29.8 Å². The second-order valence-electron chi connectivity index (χ2n) is 4.36. The maximum absolute atomic E-state index is 3.35. The lowest BCUT2D eigenvalue weighted by Crippen LogP contribution is -2.29. The van der Waals surface area contributed by atoms with E-state index in [1.807, 2.05) is 0 Å². The molecule has 17 heavy (non-hydrogen) atoms. The first-order valence-corrected chi connectivity index (χ1v) is 7.07. The smallest absolute Gasteiger partial charge is 0.0234 e. The molecule has 0 spiro atoms. The summed E-state index contributed by atoms with van der Waals surface area (Å²) in [5.41, 5.74) is 1.43. The van der Waals surface area contributed by atoms with Crippen LogP contribution in [0, 0.1) is 0 Å². The van der Waals surface area contributed by atoms with Crippen molar-refractivity contribution in [2.45, 2.75) is 23.9 Å².